The highest BCUT2D eigenvalue weighted by molar-refractivity contribution is 5.45. The van der Waals surface area contributed by atoms with Gasteiger partial charge in [-0.05, 0) is 52.4 Å². The number of fused-ring (bicyclic) bond motifs is 1. The molecule has 0 saturated carbocycles. The van der Waals surface area contributed by atoms with Gasteiger partial charge in [-0.25, -0.2) is 0 Å². The molecule has 1 N–H and O–H groups in total. The maximum absolute atomic E-state index is 9.49. The van der Waals surface area contributed by atoms with E-state index in [0.29, 0.717) is 6.04 Å². The molecule has 23 heavy (non-hydrogen) atoms. The molecule has 0 bridgehead atoms. The summed E-state index contributed by atoms with van der Waals surface area (Å²) in [5.74, 6) is 1.08. The van der Waals surface area contributed by atoms with Crippen molar-refractivity contribution in [1.82, 2.24) is 9.80 Å². The fourth-order valence-corrected chi connectivity index (χ4v) is 3.90. The molecular weight excluding hydrogens is 288 g/mol. The summed E-state index contributed by atoms with van der Waals surface area (Å²) in [6.07, 6.45) is 3.33. The highest BCUT2D eigenvalue weighted by Gasteiger charge is 2.32. The molecule has 0 aliphatic carbocycles. The number of aliphatic hydroxyl groups excluding tert-OH is 1. The molecule has 0 spiro atoms. The number of piperidine rings is 1. The van der Waals surface area contributed by atoms with Crippen molar-refractivity contribution in [2.75, 3.05) is 33.3 Å². The van der Waals surface area contributed by atoms with Gasteiger partial charge in [-0.3, -0.25) is 4.90 Å². The first-order valence-corrected chi connectivity index (χ1v) is 8.82. The van der Waals surface area contributed by atoms with E-state index in [2.05, 4.69) is 48.9 Å². The summed E-state index contributed by atoms with van der Waals surface area (Å²) in [5.41, 5.74) is 2.48. The second kappa shape index (κ2) is 6.80. The van der Waals surface area contributed by atoms with Crippen LogP contribution in [0.25, 0.3) is 0 Å². The molecule has 0 unspecified atom stereocenters. The number of hydrogen-bond acceptors (Lipinski definition) is 4. The highest BCUT2D eigenvalue weighted by atomic mass is 16.5. The Balaban J connectivity index is 1.75. The number of para-hydroxylation sites is 1. The maximum atomic E-state index is 9.49. The van der Waals surface area contributed by atoms with Crippen molar-refractivity contribution in [2.45, 2.75) is 51.3 Å². The van der Waals surface area contributed by atoms with E-state index in [4.69, 9.17) is 4.74 Å². The van der Waals surface area contributed by atoms with Crippen molar-refractivity contribution in [3.8, 4) is 5.75 Å². The molecule has 2 aliphatic heterocycles. The van der Waals surface area contributed by atoms with Crippen LogP contribution in [-0.4, -0.2) is 59.8 Å². The van der Waals surface area contributed by atoms with Crippen molar-refractivity contribution in [1.29, 1.82) is 0 Å². The summed E-state index contributed by atoms with van der Waals surface area (Å²) in [6.45, 7) is 8.41. The molecule has 0 amide bonds. The number of hydrogen-bond donors (Lipinski definition) is 1. The van der Waals surface area contributed by atoms with Gasteiger partial charge < -0.3 is 14.7 Å². The van der Waals surface area contributed by atoms with Crippen LogP contribution in [0.1, 0.15) is 37.8 Å². The summed E-state index contributed by atoms with van der Waals surface area (Å²) in [7, 11) is 2.19. The Morgan fingerprint density at radius 2 is 2.04 bits per heavy atom. The molecule has 0 atom stereocenters. The van der Waals surface area contributed by atoms with Gasteiger partial charge in [0.05, 0.1) is 6.61 Å². The fraction of sp³-hybridized carbons (Fsp3) is 0.684. The molecule has 3 rings (SSSR count). The number of ether oxygens (including phenoxy) is 1. The molecule has 0 aromatic heterocycles. The topological polar surface area (TPSA) is 35.9 Å². The lowest BCUT2D eigenvalue weighted by Crippen LogP contribution is -2.44. The zero-order chi connectivity index (χ0) is 16.4. The van der Waals surface area contributed by atoms with Crippen molar-refractivity contribution in [3.63, 3.8) is 0 Å². The maximum Gasteiger partial charge on any atom is 0.127 e. The molecular formula is C19H30N2O2. The minimum Gasteiger partial charge on any atom is -0.487 e. The Kier molecular flexibility index (Phi) is 4.95. The number of benzene rings is 1. The second-order valence-electron chi connectivity index (χ2n) is 7.67. The van der Waals surface area contributed by atoms with E-state index in [9.17, 15) is 5.11 Å². The van der Waals surface area contributed by atoms with Crippen molar-refractivity contribution in [3.05, 3.63) is 29.3 Å². The van der Waals surface area contributed by atoms with Gasteiger partial charge in [-0.15, -0.1) is 0 Å². The van der Waals surface area contributed by atoms with E-state index < -0.39 is 0 Å². The average Bonchev–Trinajstić information content (AvgIpc) is 2.82. The number of aliphatic hydroxyl groups is 1. The third-order valence-electron chi connectivity index (χ3n) is 5.14. The second-order valence-corrected chi connectivity index (χ2v) is 7.67. The third kappa shape index (κ3) is 3.87. The van der Waals surface area contributed by atoms with Crippen LogP contribution in [-0.2, 0) is 13.0 Å². The predicted octanol–water partition coefficient (Wildman–Crippen LogP) is 2.29. The standard InChI is InChI=1S/C19H30N2O2/c1-19(2)13-15-5-4-6-16(18(15)23-19)14-21(11-12-22)17-7-9-20(3)10-8-17/h4-6,17,22H,7-14H2,1-3H3. The van der Waals surface area contributed by atoms with Crippen LogP contribution in [0.15, 0.2) is 18.2 Å². The van der Waals surface area contributed by atoms with E-state index in [1.807, 2.05) is 0 Å². The van der Waals surface area contributed by atoms with Gasteiger partial charge in [0, 0.05) is 31.1 Å². The van der Waals surface area contributed by atoms with Gasteiger partial charge in [0.2, 0.25) is 0 Å². The van der Waals surface area contributed by atoms with Crippen molar-refractivity contribution >= 4 is 0 Å². The van der Waals surface area contributed by atoms with Crippen LogP contribution in [0, 0.1) is 0 Å². The Morgan fingerprint density at radius 3 is 2.74 bits per heavy atom. The van der Waals surface area contributed by atoms with Gasteiger partial charge >= 0.3 is 0 Å². The first-order chi connectivity index (χ1) is 11.0. The Hall–Kier alpha value is -1.10. The van der Waals surface area contributed by atoms with Crippen LogP contribution in [0.3, 0.4) is 0 Å². The summed E-state index contributed by atoms with van der Waals surface area (Å²) in [5, 5.41) is 9.49. The molecule has 4 nitrogen and oxygen atoms in total. The lowest BCUT2D eigenvalue weighted by atomic mass is 9.99. The largest absolute Gasteiger partial charge is 0.487 e. The predicted molar refractivity (Wildman–Crippen MR) is 92.9 cm³/mol. The molecule has 2 heterocycles. The third-order valence-corrected chi connectivity index (χ3v) is 5.14. The van der Waals surface area contributed by atoms with E-state index in [0.717, 1.165) is 38.3 Å². The minimum absolute atomic E-state index is 0.103. The first-order valence-electron chi connectivity index (χ1n) is 8.82. The Morgan fingerprint density at radius 1 is 1.30 bits per heavy atom. The molecule has 128 valence electrons. The van der Waals surface area contributed by atoms with Gasteiger partial charge in [0.15, 0.2) is 0 Å². The van der Waals surface area contributed by atoms with Gasteiger partial charge in [-0.2, -0.15) is 0 Å². The molecule has 1 aromatic rings. The van der Waals surface area contributed by atoms with Gasteiger partial charge in [0.25, 0.3) is 0 Å². The van der Waals surface area contributed by atoms with Crippen molar-refractivity contribution < 1.29 is 9.84 Å². The Bertz CT molecular complexity index is 536. The molecule has 1 aromatic carbocycles. The van der Waals surface area contributed by atoms with Gasteiger partial charge in [-0.1, -0.05) is 18.2 Å². The zero-order valence-electron chi connectivity index (χ0n) is 14.7. The van der Waals surface area contributed by atoms with Gasteiger partial charge in [0.1, 0.15) is 11.4 Å². The summed E-state index contributed by atoms with van der Waals surface area (Å²) in [6, 6.07) is 7.06. The lowest BCUT2D eigenvalue weighted by Gasteiger charge is -2.37. The van der Waals surface area contributed by atoms with Crippen LogP contribution >= 0.6 is 0 Å². The quantitative estimate of drug-likeness (QED) is 0.904. The van der Waals surface area contributed by atoms with E-state index >= 15 is 0 Å². The minimum atomic E-state index is -0.103. The number of nitrogens with zero attached hydrogens (tertiary/aromatic N) is 2. The molecule has 1 fully saturated rings. The van der Waals surface area contributed by atoms with Crippen LogP contribution < -0.4 is 4.74 Å². The number of rotatable bonds is 5. The summed E-state index contributed by atoms with van der Waals surface area (Å²) in [4.78, 5) is 4.83. The van der Waals surface area contributed by atoms with E-state index in [-0.39, 0.29) is 12.2 Å². The lowest BCUT2D eigenvalue weighted by molar-refractivity contribution is 0.0908. The number of likely N-dealkylation sites (tertiary alicyclic amines) is 1. The van der Waals surface area contributed by atoms with E-state index in [1.54, 1.807) is 0 Å². The summed E-state index contributed by atoms with van der Waals surface area (Å²) < 4.78 is 6.21. The SMILES string of the molecule is CN1CCC(N(CCO)Cc2cccc3c2OC(C)(C)C3)CC1. The smallest absolute Gasteiger partial charge is 0.127 e. The first kappa shape index (κ1) is 16.7. The molecule has 0 radical (unpaired) electrons. The monoisotopic (exact) mass is 318 g/mol. The molecule has 2 aliphatic rings. The average molecular weight is 318 g/mol. The zero-order valence-corrected chi connectivity index (χ0v) is 14.7. The normalized spacial score (nSPS) is 21.4. The molecule has 1 saturated heterocycles. The van der Waals surface area contributed by atoms with Crippen LogP contribution in [0.5, 0.6) is 5.75 Å². The van der Waals surface area contributed by atoms with Crippen LogP contribution in [0.2, 0.25) is 0 Å². The molecule has 4 heteroatoms. The fourth-order valence-electron chi connectivity index (χ4n) is 3.90. The van der Waals surface area contributed by atoms with E-state index in [1.165, 1.54) is 24.0 Å². The van der Waals surface area contributed by atoms with Crippen LogP contribution in [0.4, 0.5) is 0 Å². The van der Waals surface area contributed by atoms with Crippen molar-refractivity contribution in [2.24, 2.45) is 0 Å². The summed E-state index contributed by atoms with van der Waals surface area (Å²) >= 11 is 0. The highest BCUT2D eigenvalue weighted by Crippen LogP contribution is 2.38. The Labute approximate surface area is 140 Å².